The van der Waals surface area contributed by atoms with E-state index in [1.807, 2.05) is 37.3 Å². The summed E-state index contributed by atoms with van der Waals surface area (Å²) < 4.78 is 12.6. The van der Waals surface area contributed by atoms with E-state index in [9.17, 15) is 9.59 Å². The second-order valence-electron chi connectivity index (χ2n) is 8.19. The number of nitrogens with zero attached hydrogens (tertiary/aromatic N) is 3. The molecule has 0 aliphatic carbocycles. The van der Waals surface area contributed by atoms with Gasteiger partial charge in [0.1, 0.15) is 10.8 Å². The second kappa shape index (κ2) is 8.96. The number of hydrogen-bond acceptors (Lipinski definition) is 8. The highest BCUT2D eigenvalue weighted by Gasteiger charge is 2.21. The Morgan fingerprint density at radius 1 is 1.15 bits per heavy atom. The minimum absolute atomic E-state index is 0.0725. The first-order valence-electron chi connectivity index (χ1n) is 11.1. The van der Waals surface area contributed by atoms with Gasteiger partial charge >= 0.3 is 0 Å². The molecule has 1 fully saturated rings. The number of likely N-dealkylation sites (N-methyl/N-ethyl adjacent to an activating group) is 1. The Labute approximate surface area is 195 Å². The monoisotopic (exact) mass is 463 g/mol. The van der Waals surface area contributed by atoms with Crippen molar-refractivity contribution >= 4 is 44.0 Å². The number of ether oxygens (including phenoxy) is 1. The van der Waals surface area contributed by atoms with Gasteiger partial charge in [0.25, 0.3) is 0 Å². The van der Waals surface area contributed by atoms with E-state index in [0.29, 0.717) is 22.6 Å². The van der Waals surface area contributed by atoms with E-state index in [1.54, 1.807) is 6.07 Å². The Morgan fingerprint density at radius 3 is 2.76 bits per heavy atom. The Kier molecular flexibility index (Phi) is 5.86. The lowest BCUT2D eigenvalue weighted by Gasteiger charge is -2.34. The third-order valence-electron chi connectivity index (χ3n) is 5.88. The fraction of sp³-hybridized carbons (Fsp3) is 0.320. The number of ketones is 1. The number of para-hydroxylation sites is 1. The standard InChI is InChI=1S/C25H25N3O4S/c1-3-31-16-7-8-23-18(13-16)26-24(33-23)15-21(30)22-14-20(29)17-5-4-6-19(25(17)32-22)28-11-9-27(2)10-12-28/h4-8,13-14H,3,9-12,15H2,1-2H3. The average molecular weight is 464 g/mol. The largest absolute Gasteiger partial charge is 0.494 e. The summed E-state index contributed by atoms with van der Waals surface area (Å²) in [4.78, 5) is 35.0. The number of fused-ring (bicyclic) bond motifs is 2. The minimum Gasteiger partial charge on any atom is -0.494 e. The molecule has 7 nitrogen and oxygen atoms in total. The molecule has 170 valence electrons. The van der Waals surface area contributed by atoms with E-state index in [2.05, 4.69) is 21.8 Å². The van der Waals surface area contributed by atoms with Crippen LogP contribution in [0.3, 0.4) is 0 Å². The Morgan fingerprint density at radius 2 is 1.97 bits per heavy atom. The van der Waals surface area contributed by atoms with Gasteiger partial charge in [-0.3, -0.25) is 9.59 Å². The van der Waals surface area contributed by atoms with E-state index in [0.717, 1.165) is 47.8 Å². The zero-order valence-electron chi connectivity index (χ0n) is 18.7. The predicted octanol–water partition coefficient (Wildman–Crippen LogP) is 3.98. The Hall–Kier alpha value is -3.23. The maximum Gasteiger partial charge on any atom is 0.204 e. The number of benzene rings is 2. The molecule has 0 bridgehead atoms. The van der Waals surface area contributed by atoms with Crippen molar-refractivity contribution in [2.75, 3.05) is 44.7 Å². The zero-order chi connectivity index (χ0) is 22.9. The molecule has 0 amide bonds. The quantitative estimate of drug-likeness (QED) is 0.400. The molecular formula is C25H25N3O4S. The van der Waals surface area contributed by atoms with Gasteiger partial charge in [-0.05, 0) is 38.2 Å². The number of carbonyl (C=O) groups is 1. The Balaban J connectivity index is 1.45. The molecule has 1 aliphatic heterocycles. The molecule has 0 saturated carbocycles. The number of anilines is 1. The summed E-state index contributed by atoms with van der Waals surface area (Å²) in [5, 5.41) is 1.17. The van der Waals surface area contributed by atoms with Crippen LogP contribution in [0.25, 0.3) is 21.2 Å². The van der Waals surface area contributed by atoms with Crippen LogP contribution in [0, 0.1) is 0 Å². The normalized spacial score (nSPS) is 14.8. The molecule has 0 N–H and O–H groups in total. The summed E-state index contributed by atoms with van der Waals surface area (Å²) in [6, 6.07) is 12.6. The van der Waals surface area contributed by atoms with Crippen molar-refractivity contribution in [1.29, 1.82) is 0 Å². The number of Topliss-reactive ketones (excluding diaryl/α,β-unsaturated/α-hetero) is 1. The molecule has 0 atom stereocenters. The number of hydrogen-bond donors (Lipinski definition) is 0. The highest BCUT2D eigenvalue weighted by atomic mass is 32.1. The molecule has 1 aliphatic rings. The highest BCUT2D eigenvalue weighted by molar-refractivity contribution is 7.18. The molecule has 3 heterocycles. The lowest BCUT2D eigenvalue weighted by molar-refractivity contribution is 0.0967. The molecular weight excluding hydrogens is 438 g/mol. The van der Waals surface area contributed by atoms with Crippen LogP contribution < -0.4 is 15.1 Å². The fourth-order valence-electron chi connectivity index (χ4n) is 4.11. The zero-order valence-corrected chi connectivity index (χ0v) is 19.5. The number of rotatable bonds is 6. The van der Waals surface area contributed by atoms with E-state index in [-0.39, 0.29) is 23.4 Å². The van der Waals surface area contributed by atoms with Crippen molar-refractivity contribution in [3.63, 3.8) is 0 Å². The number of aromatic nitrogens is 1. The van der Waals surface area contributed by atoms with Gasteiger partial charge in [-0.25, -0.2) is 4.98 Å². The van der Waals surface area contributed by atoms with Gasteiger partial charge in [0.05, 0.1) is 34.3 Å². The summed E-state index contributed by atoms with van der Waals surface area (Å²) in [5.74, 6) is 0.569. The smallest absolute Gasteiger partial charge is 0.204 e. The van der Waals surface area contributed by atoms with Crippen molar-refractivity contribution in [2.24, 2.45) is 0 Å². The van der Waals surface area contributed by atoms with Gasteiger partial charge in [-0.1, -0.05) is 6.07 Å². The van der Waals surface area contributed by atoms with Crippen LogP contribution in [0.1, 0.15) is 22.5 Å². The van der Waals surface area contributed by atoms with Gasteiger partial charge in [0, 0.05) is 38.3 Å². The third kappa shape index (κ3) is 4.36. The summed E-state index contributed by atoms with van der Waals surface area (Å²) >= 11 is 1.46. The van der Waals surface area contributed by atoms with Crippen LogP contribution in [0.2, 0.25) is 0 Å². The van der Waals surface area contributed by atoms with Crippen LogP contribution in [0.15, 0.2) is 51.7 Å². The Bertz CT molecular complexity index is 1390. The van der Waals surface area contributed by atoms with Crippen molar-refractivity contribution in [1.82, 2.24) is 9.88 Å². The summed E-state index contributed by atoms with van der Waals surface area (Å²) in [6.07, 6.45) is 0.0778. The molecule has 8 heteroatoms. The molecule has 5 rings (SSSR count). The maximum atomic E-state index is 13.1. The summed E-state index contributed by atoms with van der Waals surface area (Å²) in [6.45, 7) is 6.06. The van der Waals surface area contributed by atoms with Crippen LogP contribution in [-0.2, 0) is 6.42 Å². The molecule has 0 radical (unpaired) electrons. The lowest BCUT2D eigenvalue weighted by atomic mass is 10.1. The van der Waals surface area contributed by atoms with E-state index in [4.69, 9.17) is 9.15 Å². The first-order chi connectivity index (χ1) is 16.0. The van der Waals surface area contributed by atoms with Gasteiger partial charge in [-0.15, -0.1) is 11.3 Å². The van der Waals surface area contributed by atoms with Crippen molar-refractivity contribution < 1.29 is 13.9 Å². The minimum atomic E-state index is -0.258. The second-order valence-corrected chi connectivity index (χ2v) is 9.30. The lowest BCUT2D eigenvalue weighted by Crippen LogP contribution is -2.44. The summed E-state index contributed by atoms with van der Waals surface area (Å²) in [5.41, 5.74) is 1.92. The topological polar surface area (TPSA) is 75.9 Å². The van der Waals surface area contributed by atoms with Crippen molar-refractivity contribution in [3.05, 3.63) is 63.5 Å². The molecule has 0 unspecified atom stereocenters. The number of piperazine rings is 1. The predicted molar refractivity (Wildman–Crippen MR) is 131 cm³/mol. The highest BCUT2D eigenvalue weighted by Crippen LogP contribution is 2.29. The SMILES string of the molecule is CCOc1ccc2sc(CC(=O)c3cc(=O)c4cccc(N5CCN(C)CC5)c4o3)nc2c1. The molecule has 2 aromatic carbocycles. The van der Waals surface area contributed by atoms with E-state index < -0.39 is 0 Å². The first kappa shape index (κ1) is 21.6. The average Bonchev–Trinajstić information content (AvgIpc) is 3.21. The van der Waals surface area contributed by atoms with E-state index in [1.165, 1.54) is 17.4 Å². The third-order valence-corrected chi connectivity index (χ3v) is 6.92. The van der Waals surface area contributed by atoms with Gasteiger partial charge < -0.3 is 19.0 Å². The maximum absolute atomic E-state index is 13.1. The van der Waals surface area contributed by atoms with Crippen molar-refractivity contribution in [2.45, 2.75) is 13.3 Å². The van der Waals surface area contributed by atoms with Gasteiger partial charge in [0.2, 0.25) is 5.78 Å². The summed E-state index contributed by atoms with van der Waals surface area (Å²) in [7, 11) is 2.09. The number of carbonyl (C=O) groups excluding carboxylic acids is 1. The van der Waals surface area contributed by atoms with Crippen LogP contribution >= 0.6 is 11.3 Å². The van der Waals surface area contributed by atoms with Gasteiger partial charge in [-0.2, -0.15) is 0 Å². The van der Waals surface area contributed by atoms with Crippen LogP contribution in [0.5, 0.6) is 5.75 Å². The van der Waals surface area contributed by atoms with E-state index >= 15 is 0 Å². The van der Waals surface area contributed by atoms with Crippen LogP contribution in [-0.4, -0.2) is 55.5 Å². The van der Waals surface area contributed by atoms with Crippen LogP contribution in [0.4, 0.5) is 5.69 Å². The number of thiazole rings is 1. The molecule has 2 aromatic heterocycles. The molecule has 0 spiro atoms. The fourth-order valence-corrected chi connectivity index (χ4v) is 5.05. The first-order valence-corrected chi connectivity index (χ1v) is 11.9. The van der Waals surface area contributed by atoms with Crippen molar-refractivity contribution in [3.8, 4) is 5.75 Å². The van der Waals surface area contributed by atoms with Gasteiger partial charge in [0.15, 0.2) is 16.8 Å². The molecule has 33 heavy (non-hydrogen) atoms. The molecule has 4 aromatic rings. The molecule has 1 saturated heterocycles.